The van der Waals surface area contributed by atoms with E-state index in [1.54, 1.807) is 6.08 Å². The lowest BCUT2D eigenvalue weighted by Crippen LogP contribution is -1.71. The van der Waals surface area contributed by atoms with Crippen molar-refractivity contribution in [3.63, 3.8) is 0 Å². The maximum Gasteiger partial charge on any atom is 0.0113 e. The molecule has 0 aliphatic carbocycles. The Hall–Kier alpha value is -0.690. The molecule has 0 nitrogen and oxygen atoms in total. The van der Waals surface area contributed by atoms with E-state index < -0.39 is 0 Å². The summed E-state index contributed by atoms with van der Waals surface area (Å²) in [5.74, 6) is 0. The van der Waals surface area contributed by atoms with Crippen molar-refractivity contribution in [2.24, 2.45) is 0 Å². The van der Waals surface area contributed by atoms with Crippen molar-refractivity contribution in [2.75, 3.05) is 0 Å². The molecule has 0 atom stereocenters. The van der Waals surface area contributed by atoms with Crippen LogP contribution in [0.15, 0.2) is 29.2 Å². The highest BCUT2D eigenvalue weighted by Crippen LogP contribution is 2.12. The first kappa shape index (κ1) is 6.43. The van der Waals surface area contributed by atoms with Gasteiger partial charge in [-0.15, -0.1) is 12.6 Å². The number of thiol groups is 1. The quantitative estimate of drug-likeness (QED) is 0.562. The van der Waals surface area contributed by atoms with Gasteiger partial charge in [-0.05, 0) is 11.6 Å². The lowest BCUT2D eigenvalue weighted by molar-refractivity contribution is 1.44. The van der Waals surface area contributed by atoms with Crippen molar-refractivity contribution in [2.45, 2.75) is 4.90 Å². The fourth-order valence-corrected chi connectivity index (χ4v) is 0.864. The van der Waals surface area contributed by atoms with Crippen LogP contribution in [0.3, 0.4) is 0 Å². The molecule has 0 fully saturated rings. The Morgan fingerprint density at radius 1 is 1.33 bits per heavy atom. The predicted molar refractivity (Wildman–Crippen MR) is 42.5 cm³/mol. The van der Waals surface area contributed by atoms with Crippen molar-refractivity contribution in [3.8, 4) is 0 Å². The Morgan fingerprint density at radius 2 is 2.00 bits per heavy atom. The van der Waals surface area contributed by atoms with Crippen LogP contribution >= 0.6 is 12.6 Å². The van der Waals surface area contributed by atoms with Crippen molar-refractivity contribution in [1.82, 2.24) is 0 Å². The molecule has 0 bridgehead atoms. The van der Waals surface area contributed by atoms with E-state index in [0.717, 1.165) is 10.5 Å². The van der Waals surface area contributed by atoms with Gasteiger partial charge in [0.15, 0.2) is 0 Å². The third kappa shape index (κ3) is 1.36. The molecule has 0 saturated heterocycles. The molecule has 1 heteroatoms. The van der Waals surface area contributed by atoms with Gasteiger partial charge in [-0.3, -0.25) is 0 Å². The Balaban J connectivity index is 3.15. The van der Waals surface area contributed by atoms with Crippen LogP contribution < -0.4 is 0 Å². The second-order valence-electron chi connectivity index (χ2n) is 1.73. The number of rotatable bonds is 1. The van der Waals surface area contributed by atoms with Crippen LogP contribution in [0.5, 0.6) is 0 Å². The van der Waals surface area contributed by atoms with Gasteiger partial charge in [0.05, 0.1) is 0 Å². The standard InChI is InChI=1S/C8H7S/c1-2-7-5-3-4-6-8(7)9/h1-6,9H. The molecule has 1 aromatic carbocycles. The largest absolute Gasteiger partial charge is 0.143 e. The summed E-state index contributed by atoms with van der Waals surface area (Å²) in [5, 5.41) is 0. The summed E-state index contributed by atoms with van der Waals surface area (Å²) in [7, 11) is 0. The number of benzene rings is 1. The summed E-state index contributed by atoms with van der Waals surface area (Å²) >= 11 is 4.17. The summed E-state index contributed by atoms with van der Waals surface area (Å²) in [6, 6.07) is 7.68. The second-order valence-corrected chi connectivity index (χ2v) is 2.21. The zero-order valence-corrected chi connectivity index (χ0v) is 5.81. The molecule has 1 rings (SSSR count). The van der Waals surface area contributed by atoms with E-state index in [4.69, 9.17) is 6.58 Å². The van der Waals surface area contributed by atoms with Crippen molar-refractivity contribution in [3.05, 3.63) is 36.4 Å². The highest BCUT2D eigenvalue weighted by Gasteiger charge is 1.87. The highest BCUT2D eigenvalue weighted by atomic mass is 32.1. The Bertz CT molecular complexity index is 216. The normalized spacial score (nSPS) is 9.00. The van der Waals surface area contributed by atoms with Gasteiger partial charge in [-0.25, -0.2) is 0 Å². The molecule has 0 unspecified atom stereocenters. The van der Waals surface area contributed by atoms with Crippen molar-refractivity contribution >= 4 is 18.7 Å². The van der Waals surface area contributed by atoms with Gasteiger partial charge in [0, 0.05) is 4.90 Å². The van der Waals surface area contributed by atoms with Gasteiger partial charge in [-0.2, -0.15) is 0 Å². The fraction of sp³-hybridized carbons (Fsp3) is 0. The monoisotopic (exact) mass is 135 g/mol. The maximum absolute atomic E-state index is 5.28. The first-order valence-electron chi connectivity index (χ1n) is 2.67. The van der Waals surface area contributed by atoms with Gasteiger partial charge in [0.1, 0.15) is 0 Å². The van der Waals surface area contributed by atoms with Gasteiger partial charge in [-0.1, -0.05) is 30.9 Å². The van der Waals surface area contributed by atoms with Crippen molar-refractivity contribution in [1.29, 1.82) is 0 Å². The van der Waals surface area contributed by atoms with Crippen LogP contribution in [0.25, 0.3) is 6.08 Å². The van der Waals surface area contributed by atoms with E-state index in [0.29, 0.717) is 0 Å². The molecule has 0 heterocycles. The summed E-state index contributed by atoms with van der Waals surface area (Å²) in [6.45, 7) is 5.28. The molecule has 1 aromatic rings. The molecule has 0 aliphatic rings. The van der Waals surface area contributed by atoms with E-state index in [1.807, 2.05) is 24.3 Å². The minimum absolute atomic E-state index is 0.917. The van der Waals surface area contributed by atoms with Gasteiger partial charge in [0.2, 0.25) is 0 Å². The first-order chi connectivity index (χ1) is 4.34. The van der Waals surface area contributed by atoms with E-state index in [9.17, 15) is 0 Å². The molecule has 0 spiro atoms. The molecule has 0 N–H and O–H groups in total. The van der Waals surface area contributed by atoms with Crippen LogP contribution in [-0.4, -0.2) is 0 Å². The minimum Gasteiger partial charge on any atom is -0.143 e. The van der Waals surface area contributed by atoms with Crippen LogP contribution in [0, 0.1) is 6.58 Å². The molecule has 0 saturated carbocycles. The molecule has 1 radical (unpaired) electrons. The predicted octanol–water partition coefficient (Wildman–Crippen LogP) is 2.42. The van der Waals surface area contributed by atoms with Crippen LogP contribution in [-0.2, 0) is 0 Å². The van der Waals surface area contributed by atoms with E-state index in [1.165, 1.54) is 0 Å². The molecule has 0 aliphatic heterocycles. The Kier molecular flexibility index (Phi) is 1.96. The zero-order chi connectivity index (χ0) is 6.69. The summed E-state index contributed by atoms with van der Waals surface area (Å²) in [6.07, 6.45) is 1.54. The molecule has 0 amide bonds. The van der Waals surface area contributed by atoms with Crippen LogP contribution in [0.1, 0.15) is 5.56 Å². The third-order valence-electron chi connectivity index (χ3n) is 1.12. The van der Waals surface area contributed by atoms with E-state index in [2.05, 4.69) is 12.6 Å². The van der Waals surface area contributed by atoms with Gasteiger partial charge >= 0.3 is 0 Å². The summed E-state index contributed by atoms with van der Waals surface area (Å²) < 4.78 is 0. The molecular formula is C8H7S. The Morgan fingerprint density at radius 3 is 2.44 bits per heavy atom. The molecule has 45 valence electrons. The average molecular weight is 135 g/mol. The SMILES string of the molecule is [CH]=Cc1ccccc1S. The first-order valence-corrected chi connectivity index (χ1v) is 3.12. The van der Waals surface area contributed by atoms with Crippen LogP contribution in [0.4, 0.5) is 0 Å². The minimum atomic E-state index is 0.917. The lowest BCUT2D eigenvalue weighted by atomic mass is 10.2. The zero-order valence-electron chi connectivity index (χ0n) is 4.91. The van der Waals surface area contributed by atoms with E-state index in [-0.39, 0.29) is 0 Å². The second kappa shape index (κ2) is 2.74. The van der Waals surface area contributed by atoms with Crippen LogP contribution in [0.2, 0.25) is 0 Å². The molecule has 0 aromatic heterocycles. The van der Waals surface area contributed by atoms with E-state index >= 15 is 0 Å². The Labute approximate surface area is 60.6 Å². The highest BCUT2D eigenvalue weighted by molar-refractivity contribution is 7.80. The maximum atomic E-state index is 5.28. The smallest absolute Gasteiger partial charge is 0.0113 e. The third-order valence-corrected chi connectivity index (χ3v) is 1.52. The number of hydrogen-bond acceptors (Lipinski definition) is 1. The molecule has 9 heavy (non-hydrogen) atoms. The summed E-state index contributed by atoms with van der Waals surface area (Å²) in [5.41, 5.74) is 0.973. The van der Waals surface area contributed by atoms with Gasteiger partial charge < -0.3 is 0 Å². The lowest BCUT2D eigenvalue weighted by Gasteiger charge is -1.94. The average Bonchev–Trinajstić information content (AvgIpc) is 1.89. The molecular weight excluding hydrogens is 128 g/mol. The van der Waals surface area contributed by atoms with Crippen molar-refractivity contribution < 1.29 is 0 Å². The topological polar surface area (TPSA) is 0 Å². The van der Waals surface area contributed by atoms with Gasteiger partial charge in [0.25, 0.3) is 0 Å². The summed E-state index contributed by atoms with van der Waals surface area (Å²) in [4.78, 5) is 0.917. The fourth-order valence-electron chi connectivity index (χ4n) is 0.628. The number of hydrogen-bond donors (Lipinski definition) is 1.